The van der Waals surface area contributed by atoms with Crippen molar-refractivity contribution in [2.24, 2.45) is 5.92 Å². The van der Waals surface area contributed by atoms with Gasteiger partial charge < -0.3 is 10.0 Å². The number of anilines is 1. The molecule has 0 atom stereocenters. The number of halogens is 2. The van der Waals surface area contributed by atoms with Crippen molar-refractivity contribution >= 4 is 17.3 Å². The summed E-state index contributed by atoms with van der Waals surface area (Å²) in [5, 5.41) is 8.97. The zero-order valence-electron chi connectivity index (χ0n) is 7.58. The minimum Gasteiger partial charge on any atom is -0.396 e. The third kappa shape index (κ3) is 1.70. The second-order valence-corrected chi connectivity index (χ2v) is 3.96. The number of hydrogen-bond donors (Lipinski definition) is 1. The highest BCUT2D eigenvalue weighted by Gasteiger charge is 2.26. The maximum absolute atomic E-state index is 13.1. The van der Waals surface area contributed by atoms with Gasteiger partial charge in [0.1, 0.15) is 5.82 Å². The summed E-state index contributed by atoms with van der Waals surface area (Å²) in [7, 11) is 0. The van der Waals surface area contributed by atoms with Gasteiger partial charge in [-0.3, -0.25) is 0 Å². The van der Waals surface area contributed by atoms with Gasteiger partial charge in [-0.1, -0.05) is 11.6 Å². The van der Waals surface area contributed by atoms with Crippen LogP contribution in [0.3, 0.4) is 0 Å². The van der Waals surface area contributed by atoms with Crippen molar-refractivity contribution in [3.63, 3.8) is 0 Å². The van der Waals surface area contributed by atoms with E-state index >= 15 is 0 Å². The van der Waals surface area contributed by atoms with Gasteiger partial charge in [-0.05, 0) is 18.2 Å². The van der Waals surface area contributed by atoms with E-state index in [1.54, 1.807) is 12.1 Å². The molecule has 1 aliphatic rings. The van der Waals surface area contributed by atoms with Crippen LogP contribution in [0.25, 0.3) is 0 Å². The van der Waals surface area contributed by atoms with E-state index < -0.39 is 5.82 Å². The topological polar surface area (TPSA) is 23.5 Å². The highest BCUT2D eigenvalue weighted by molar-refractivity contribution is 6.30. The average Bonchev–Trinajstić information content (AvgIpc) is 2.09. The molecule has 1 fully saturated rings. The number of rotatable bonds is 2. The summed E-state index contributed by atoms with van der Waals surface area (Å²) in [6.07, 6.45) is 0. The Morgan fingerprint density at radius 2 is 2.21 bits per heavy atom. The van der Waals surface area contributed by atoms with Crippen molar-refractivity contribution in [3.05, 3.63) is 29.0 Å². The highest BCUT2D eigenvalue weighted by Crippen LogP contribution is 2.27. The van der Waals surface area contributed by atoms with Gasteiger partial charge in [0.25, 0.3) is 0 Å². The first kappa shape index (κ1) is 9.74. The molecule has 0 radical (unpaired) electrons. The van der Waals surface area contributed by atoms with Crippen molar-refractivity contribution < 1.29 is 9.50 Å². The quantitative estimate of drug-likeness (QED) is 0.815. The molecule has 0 amide bonds. The Kier molecular flexibility index (Phi) is 2.61. The van der Waals surface area contributed by atoms with Crippen LogP contribution in [-0.4, -0.2) is 24.8 Å². The second-order valence-electron chi connectivity index (χ2n) is 3.55. The largest absolute Gasteiger partial charge is 0.396 e. The summed E-state index contributed by atoms with van der Waals surface area (Å²) in [6.45, 7) is 1.78. The maximum Gasteiger partial charge on any atom is 0.143 e. The standard InChI is InChI=1S/C10H11ClFNO/c11-9-2-1-8(3-10(9)12)13-4-7(5-13)6-14/h1-3,7,14H,4-6H2. The molecule has 1 aliphatic heterocycles. The maximum atomic E-state index is 13.1. The van der Waals surface area contributed by atoms with Crippen LogP contribution in [-0.2, 0) is 0 Å². The second kappa shape index (κ2) is 3.75. The van der Waals surface area contributed by atoms with Gasteiger partial charge in [-0.2, -0.15) is 0 Å². The Bertz CT molecular complexity index is 339. The van der Waals surface area contributed by atoms with Gasteiger partial charge in [-0.15, -0.1) is 0 Å². The van der Waals surface area contributed by atoms with E-state index in [-0.39, 0.29) is 11.6 Å². The van der Waals surface area contributed by atoms with Crippen LogP contribution in [0.15, 0.2) is 18.2 Å². The number of benzene rings is 1. The van der Waals surface area contributed by atoms with Gasteiger partial charge in [0.2, 0.25) is 0 Å². The van der Waals surface area contributed by atoms with E-state index in [1.165, 1.54) is 6.07 Å². The number of aliphatic hydroxyl groups is 1. The Morgan fingerprint density at radius 3 is 2.79 bits per heavy atom. The molecule has 1 aromatic rings. The van der Waals surface area contributed by atoms with Gasteiger partial charge >= 0.3 is 0 Å². The van der Waals surface area contributed by atoms with Crippen LogP contribution < -0.4 is 4.90 Å². The smallest absolute Gasteiger partial charge is 0.143 e. The van der Waals surface area contributed by atoms with Crippen LogP contribution in [0.5, 0.6) is 0 Å². The fourth-order valence-electron chi connectivity index (χ4n) is 1.58. The number of aliphatic hydroxyl groups excluding tert-OH is 1. The van der Waals surface area contributed by atoms with Gasteiger partial charge in [-0.25, -0.2) is 4.39 Å². The summed E-state index contributed by atoms with van der Waals surface area (Å²) in [5.74, 6) is -0.0645. The fourth-order valence-corrected chi connectivity index (χ4v) is 1.70. The molecule has 76 valence electrons. The summed E-state index contributed by atoms with van der Waals surface area (Å²) < 4.78 is 13.1. The molecule has 1 saturated heterocycles. The van der Waals surface area contributed by atoms with Crippen molar-refractivity contribution in [3.8, 4) is 0 Å². The molecule has 1 heterocycles. The molecule has 0 unspecified atom stereocenters. The normalized spacial score (nSPS) is 16.9. The van der Waals surface area contributed by atoms with Crippen LogP contribution in [0, 0.1) is 11.7 Å². The van der Waals surface area contributed by atoms with Crippen molar-refractivity contribution in [2.75, 3.05) is 24.6 Å². The van der Waals surface area contributed by atoms with E-state index in [4.69, 9.17) is 16.7 Å². The van der Waals surface area contributed by atoms with E-state index in [0.717, 1.165) is 18.8 Å². The fraction of sp³-hybridized carbons (Fsp3) is 0.400. The lowest BCUT2D eigenvalue weighted by Crippen LogP contribution is -2.48. The molecule has 0 aromatic heterocycles. The van der Waals surface area contributed by atoms with Crippen molar-refractivity contribution in [2.45, 2.75) is 0 Å². The number of hydrogen-bond acceptors (Lipinski definition) is 2. The lowest BCUT2D eigenvalue weighted by atomic mass is 10.0. The van der Waals surface area contributed by atoms with E-state index in [2.05, 4.69) is 0 Å². The van der Waals surface area contributed by atoms with E-state index in [1.807, 2.05) is 4.90 Å². The first-order valence-corrected chi connectivity index (χ1v) is 4.89. The van der Waals surface area contributed by atoms with Gasteiger partial charge in [0.05, 0.1) is 5.02 Å². The number of nitrogens with zero attached hydrogens (tertiary/aromatic N) is 1. The van der Waals surface area contributed by atoms with Crippen molar-refractivity contribution in [1.82, 2.24) is 0 Å². The Morgan fingerprint density at radius 1 is 1.50 bits per heavy atom. The predicted octanol–water partition coefficient (Wildman–Crippen LogP) is 1.91. The van der Waals surface area contributed by atoms with E-state index in [0.29, 0.717) is 5.92 Å². The molecule has 0 bridgehead atoms. The molecule has 14 heavy (non-hydrogen) atoms. The summed E-state index contributed by atoms with van der Waals surface area (Å²) >= 11 is 5.57. The minimum atomic E-state index is -0.392. The highest BCUT2D eigenvalue weighted by atomic mass is 35.5. The SMILES string of the molecule is OCC1CN(c2ccc(Cl)c(F)c2)C1. The van der Waals surface area contributed by atoms with Gasteiger partial charge in [0, 0.05) is 31.3 Å². The zero-order valence-corrected chi connectivity index (χ0v) is 8.34. The molecule has 1 N–H and O–H groups in total. The molecule has 1 aromatic carbocycles. The Balaban J connectivity index is 2.08. The first-order chi connectivity index (χ1) is 6.70. The molecule has 4 heteroatoms. The minimum absolute atomic E-state index is 0.146. The zero-order chi connectivity index (χ0) is 10.1. The Labute approximate surface area is 86.9 Å². The summed E-state index contributed by atoms with van der Waals surface area (Å²) in [5.41, 5.74) is 0.830. The Hall–Kier alpha value is -0.800. The summed E-state index contributed by atoms with van der Waals surface area (Å²) in [6, 6.07) is 4.77. The molecular weight excluding hydrogens is 205 g/mol. The van der Waals surface area contributed by atoms with Crippen LogP contribution in [0.4, 0.5) is 10.1 Å². The molecule has 2 rings (SSSR count). The lowest BCUT2D eigenvalue weighted by Gasteiger charge is -2.40. The lowest BCUT2D eigenvalue weighted by molar-refractivity contribution is 0.200. The van der Waals surface area contributed by atoms with Crippen LogP contribution in [0.1, 0.15) is 0 Å². The molecule has 0 aliphatic carbocycles. The summed E-state index contributed by atoms with van der Waals surface area (Å²) in [4.78, 5) is 2.01. The van der Waals surface area contributed by atoms with Crippen molar-refractivity contribution in [1.29, 1.82) is 0 Å². The molecule has 2 nitrogen and oxygen atoms in total. The monoisotopic (exact) mass is 215 g/mol. The van der Waals surface area contributed by atoms with Gasteiger partial charge in [0.15, 0.2) is 0 Å². The molecular formula is C10H11ClFNO. The average molecular weight is 216 g/mol. The molecule has 0 spiro atoms. The molecule has 0 saturated carbocycles. The third-order valence-corrected chi connectivity index (χ3v) is 2.79. The first-order valence-electron chi connectivity index (χ1n) is 4.51. The third-order valence-electron chi connectivity index (χ3n) is 2.48. The van der Waals surface area contributed by atoms with Crippen LogP contribution >= 0.6 is 11.6 Å². The van der Waals surface area contributed by atoms with E-state index in [9.17, 15) is 4.39 Å². The van der Waals surface area contributed by atoms with Crippen LogP contribution in [0.2, 0.25) is 5.02 Å². The predicted molar refractivity (Wildman–Crippen MR) is 54.2 cm³/mol.